The number of Topliss-reactive ketones (excluding diaryl/α,β-unsaturated/α-hetero) is 2. The van der Waals surface area contributed by atoms with Gasteiger partial charge in [-0.15, -0.1) is 34.8 Å². The third-order valence-corrected chi connectivity index (χ3v) is 11.2. The van der Waals surface area contributed by atoms with Gasteiger partial charge in [0.25, 0.3) is 23.6 Å². The van der Waals surface area contributed by atoms with E-state index in [0.29, 0.717) is 41.7 Å². The van der Waals surface area contributed by atoms with Crippen molar-refractivity contribution < 1.29 is 38.2 Å². The molecule has 0 aromatic heterocycles. The number of hydrogen-bond acceptors (Lipinski definition) is 12. The van der Waals surface area contributed by atoms with E-state index >= 15 is 0 Å². The summed E-state index contributed by atoms with van der Waals surface area (Å²) in [7, 11) is 0. The Morgan fingerprint density at radius 3 is 1.39 bits per heavy atom. The summed E-state index contributed by atoms with van der Waals surface area (Å²) in [4.78, 5) is 78.9. The topological polar surface area (TPSA) is 218 Å². The number of nitrogens with one attached hydrogen (secondary N) is 4. The first-order valence-corrected chi connectivity index (χ1v) is 23.3. The minimum absolute atomic E-state index is 0.0440. The lowest BCUT2D eigenvalue weighted by Crippen LogP contribution is -2.32. The van der Waals surface area contributed by atoms with Gasteiger partial charge in [-0.05, 0) is 107 Å². The molecule has 4 N–H and O–H groups in total. The van der Waals surface area contributed by atoms with Crippen LogP contribution in [-0.2, 0) is 30.9 Å². The van der Waals surface area contributed by atoms with Crippen LogP contribution in [0.2, 0.25) is 10.0 Å². The summed E-state index contributed by atoms with van der Waals surface area (Å²) in [6.07, 6.45) is 0. The minimum atomic E-state index is -1.62. The number of carbonyl (C=O) groups is 6. The van der Waals surface area contributed by atoms with Gasteiger partial charge in [0.15, 0.2) is 11.6 Å². The molecule has 21 heteroatoms. The molecule has 0 bridgehead atoms. The standard InChI is InChI=1S/C48H45Cl5N8O8/c1-6-68-41-21-31(10-8-28(41)23-49)54-45(64)36-19-33(12-15-38(36)52)58-60-43(26(4)62)47(66)56-30-14-17-40(35(18-30)25(3)51)57-48(67)44(27(5)63)61-59-34-13-16-39(53)37(20-34)46(65)55-32-11-9-29(24-50)42(22-32)69-7-2/h8-22,25,43-44H,6-7,23-24H2,1-5H3,(H,54,64)(H,55,65)(H,56,66)(H,57,67). The van der Waals surface area contributed by atoms with E-state index in [1.165, 1.54) is 54.6 Å². The van der Waals surface area contributed by atoms with Crippen molar-refractivity contribution in [2.75, 3.05) is 34.5 Å². The van der Waals surface area contributed by atoms with Crippen molar-refractivity contribution in [1.29, 1.82) is 0 Å². The summed E-state index contributed by atoms with van der Waals surface area (Å²) in [6, 6.07) is 19.6. The zero-order chi connectivity index (χ0) is 50.4. The molecule has 5 rings (SSSR count). The van der Waals surface area contributed by atoms with E-state index in [4.69, 9.17) is 67.5 Å². The Hall–Kier alpha value is -6.43. The van der Waals surface area contributed by atoms with Crippen molar-refractivity contribution in [2.24, 2.45) is 20.5 Å². The van der Waals surface area contributed by atoms with Gasteiger partial charge in [-0.2, -0.15) is 20.5 Å². The molecule has 0 aliphatic rings. The van der Waals surface area contributed by atoms with E-state index in [2.05, 4.69) is 41.7 Å². The first kappa shape index (κ1) is 53.5. The number of amides is 4. The lowest BCUT2D eigenvalue weighted by molar-refractivity contribution is -0.127. The van der Waals surface area contributed by atoms with E-state index in [-0.39, 0.29) is 55.7 Å². The highest BCUT2D eigenvalue weighted by Crippen LogP contribution is 2.33. The predicted octanol–water partition coefficient (Wildman–Crippen LogP) is 12.4. The minimum Gasteiger partial charge on any atom is -0.493 e. The average Bonchev–Trinajstić information content (AvgIpc) is 3.30. The summed E-state index contributed by atoms with van der Waals surface area (Å²) < 4.78 is 11.3. The molecule has 4 amide bonds. The van der Waals surface area contributed by atoms with Crippen LogP contribution < -0.4 is 30.7 Å². The van der Waals surface area contributed by atoms with E-state index < -0.39 is 52.7 Å². The van der Waals surface area contributed by atoms with Crippen LogP contribution in [0.3, 0.4) is 0 Å². The SMILES string of the molecule is CCOc1cc(NC(=O)c2cc(N=NC(C(C)=O)C(=O)Nc3ccc(NC(=O)C(N=Nc4ccc(Cl)c(C(=O)Nc5ccc(CCl)c(OCC)c5)c4)C(C)=O)c(C(C)Cl)c3)ccc2Cl)ccc1CCl. The van der Waals surface area contributed by atoms with Crippen LogP contribution in [-0.4, -0.2) is 60.5 Å². The Labute approximate surface area is 422 Å². The number of carbonyl (C=O) groups excluding carboxylic acids is 6. The number of benzene rings is 5. The fourth-order valence-electron chi connectivity index (χ4n) is 6.34. The van der Waals surface area contributed by atoms with Crippen LogP contribution in [0, 0.1) is 0 Å². The predicted molar refractivity (Wildman–Crippen MR) is 269 cm³/mol. The number of alkyl halides is 3. The number of ketones is 2. The van der Waals surface area contributed by atoms with Crippen LogP contribution >= 0.6 is 58.0 Å². The van der Waals surface area contributed by atoms with Gasteiger partial charge in [0.05, 0.1) is 62.9 Å². The van der Waals surface area contributed by atoms with Crippen LogP contribution in [0.4, 0.5) is 34.1 Å². The quantitative estimate of drug-likeness (QED) is 0.0314. The maximum absolute atomic E-state index is 13.5. The lowest BCUT2D eigenvalue weighted by atomic mass is 10.1. The fourth-order valence-corrected chi connectivity index (χ4v) is 7.37. The first-order valence-electron chi connectivity index (χ1n) is 21.0. The molecule has 0 saturated heterocycles. The molecule has 360 valence electrons. The molecule has 16 nitrogen and oxygen atoms in total. The number of anilines is 4. The van der Waals surface area contributed by atoms with Crippen molar-refractivity contribution in [3.8, 4) is 11.5 Å². The molecule has 5 aromatic carbocycles. The van der Waals surface area contributed by atoms with Gasteiger partial charge < -0.3 is 30.7 Å². The van der Waals surface area contributed by atoms with Crippen molar-refractivity contribution in [3.05, 3.63) is 129 Å². The number of hydrogen-bond donors (Lipinski definition) is 4. The number of rotatable bonds is 21. The molecular weight excluding hydrogens is 994 g/mol. The van der Waals surface area contributed by atoms with Gasteiger partial charge >= 0.3 is 0 Å². The number of halogens is 5. The highest BCUT2D eigenvalue weighted by molar-refractivity contribution is 6.35. The molecule has 0 aliphatic heterocycles. The van der Waals surface area contributed by atoms with Crippen LogP contribution in [0.25, 0.3) is 0 Å². The normalized spacial score (nSPS) is 12.5. The smallest absolute Gasteiger partial charge is 0.258 e. The molecule has 3 atom stereocenters. The summed E-state index contributed by atoms with van der Waals surface area (Å²) in [6.45, 7) is 8.37. The van der Waals surface area contributed by atoms with Crippen molar-refractivity contribution in [2.45, 2.75) is 63.8 Å². The molecule has 0 aliphatic carbocycles. The number of azo groups is 2. The van der Waals surface area contributed by atoms with Crippen LogP contribution in [0.15, 0.2) is 111 Å². The average molecular weight is 1040 g/mol. The molecular formula is C48H45Cl5N8O8. The second-order valence-corrected chi connectivity index (χ2v) is 16.9. The second kappa shape index (κ2) is 25.3. The highest BCUT2D eigenvalue weighted by Gasteiger charge is 2.27. The summed E-state index contributed by atoms with van der Waals surface area (Å²) in [5, 5.41) is 26.4. The Morgan fingerprint density at radius 1 is 0.565 bits per heavy atom. The largest absolute Gasteiger partial charge is 0.493 e. The maximum atomic E-state index is 13.5. The Morgan fingerprint density at radius 2 is 0.986 bits per heavy atom. The van der Waals surface area contributed by atoms with E-state index in [1.807, 2.05) is 13.8 Å². The van der Waals surface area contributed by atoms with Crippen molar-refractivity contribution in [3.63, 3.8) is 0 Å². The molecule has 5 aromatic rings. The summed E-state index contributed by atoms with van der Waals surface area (Å²) in [5.41, 5.74) is 3.39. The third kappa shape index (κ3) is 14.5. The van der Waals surface area contributed by atoms with Gasteiger partial charge in [-0.3, -0.25) is 28.8 Å². The number of nitrogens with zero attached hydrogens (tertiary/aromatic N) is 4. The van der Waals surface area contributed by atoms with Crippen LogP contribution in [0.1, 0.15) is 77.4 Å². The molecule has 69 heavy (non-hydrogen) atoms. The second-order valence-electron chi connectivity index (χ2n) is 14.9. The maximum Gasteiger partial charge on any atom is 0.258 e. The molecule has 0 radical (unpaired) electrons. The molecule has 0 heterocycles. The zero-order valence-electron chi connectivity index (χ0n) is 37.7. The van der Waals surface area contributed by atoms with Gasteiger partial charge in [0.2, 0.25) is 12.1 Å². The third-order valence-electron chi connectivity index (χ3n) is 9.78. The van der Waals surface area contributed by atoms with Gasteiger partial charge in [0.1, 0.15) is 11.5 Å². The van der Waals surface area contributed by atoms with Crippen molar-refractivity contribution in [1.82, 2.24) is 0 Å². The van der Waals surface area contributed by atoms with Crippen molar-refractivity contribution >= 4 is 127 Å². The monoisotopic (exact) mass is 1040 g/mol. The molecule has 0 saturated carbocycles. The van der Waals surface area contributed by atoms with Gasteiger partial charge in [-0.1, -0.05) is 35.3 Å². The van der Waals surface area contributed by atoms with Gasteiger partial charge in [-0.25, -0.2) is 0 Å². The zero-order valence-corrected chi connectivity index (χ0v) is 41.4. The molecule has 3 unspecified atom stereocenters. The van der Waals surface area contributed by atoms with E-state index in [1.54, 1.807) is 43.3 Å². The summed E-state index contributed by atoms with van der Waals surface area (Å²) >= 11 is 31.3. The van der Waals surface area contributed by atoms with Gasteiger partial charge in [0, 0.05) is 46.0 Å². The Balaban J connectivity index is 1.27. The van der Waals surface area contributed by atoms with E-state index in [0.717, 1.165) is 25.0 Å². The fraction of sp³-hybridized carbons (Fsp3) is 0.250. The Bertz CT molecular complexity index is 2820. The molecule has 0 fully saturated rings. The molecule has 0 spiro atoms. The Kier molecular flexibility index (Phi) is 19.6. The summed E-state index contributed by atoms with van der Waals surface area (Å²) in [5.74, 6) is -2.66. The lowest BCUT2D eigenvalue weighted by Gasteiger charge is -2.17. The van der Waals surface area contributed by atoms with E-state index in [9.17, 15) is 28.8 Å². The number of ether oxygens (including phenoxy) is 2. The van der Waals surface area contributed by atoms with Crippen LogP contribution in [0.5, 0.6) is 11.5 Å². The first-order chi connectivity index (χ1) is 33.0. The highest BCUT2D eigenvalue weighted by atomic mass is 35.5.